The van der Waals surface area contributed by atoms with Gasteiger partial charge in [-0.1, -0.05) is 13.8 Å². The Morgan fingerprint density at radius 2 is 1.82 bits per heavy atom. The van der Waals surface area contributed by atoms with Crippen LogP contribution in [0.1, 0.15) is 58.2 Å². The third-order valence-electron chi connectivity index (χ3n) is 5.02. The van der Waals surface area contributed by atoms with E-state index in [0.717, 1.165) is 0 Å². The molecule has 1 N–H and O–H groups in total. The molecule has 146 valence electrons. The molecule has 0 saturated heterocycles. The molecule has 1 aliphatic carbocycles. The molecule has 4 rings (SSSR count). The summed E-state index contributed by atoms with van der Waals surface area (Å²) in [5.41, 5.74) is 0.0122. The first-order valence-electron chi connectivity index (χ1n) is 9.44. The number of nitrogens with one attached hydrogen (secondary N) is 1. The van der Waals surface area contributed by atoms with Gasteiger partial charge in [-0.2, -0.15) is 10.2 Å². The Labute approximate surface area is 161 Å². The maximum absolute atomic E-state index is 13.2. The summed E-state index contributed by atoms with van der Waals surface area (Å²) >= 11 is 0. The number of aromatic nitrogens is 6. The van der Waals surface area contributed by atoms with E-state index < -0.39 is 5.54 Å². The number of fused-ring (bicyclic) bond motifs is 1. The number of hydrogen-bond donors (Lipinski definition) is 1. The zero-order valence-corrected chi connectivity index (χ0v) is 16.4. The van der Waals surface area contributed by atoms with E-state index in [1.807, 2.05) is 27.7 Å². The number of carbonyl (C=O) groups is 1. The van der Waals surface area contributed by atoms with E-state index in [1.165, 1.54) is 4.68 Å². The summed E-state index contributed by atoms with van der Waals surface area (Å²) in [5.74, 6) is -0.0515. The molecule has 0 atom stereocenters. The molecule has 0 unspecified atom stereocenters. The molecule has 0 radical (unpaired) electrons. The van der Waals surface area contributed by atoms with Crippen LogP contribution in [0.5, 0.6) is 0 Å². The zero-order valence-electron chi connectivity index (χ0n) is 16.4. The monoisotopic (exact) mass is 381 g/mol. The van der Waals surface area contributed by atoms with Crippen LogP contribution in [-0.4, -0.2) is 35.4 Å². The van der Waals surface area contributed by atoms with Crippen molar-refractivity contribution in [2.24, 2.45) is 0 Å². The highest BCUT2D eigenvalue weighted by Crippen LogP contribution is 2.43. The van der Waals surface area contributed by atoms with Gasteiger partial charge in [-0.3, -0.25) is 19.6 Å². The lowest BCUT2D eigenvalue weighted by Gasteiger charge is -2.18. The van der Waals surface area contributed by atoms with Crippen LogP contribution >= 0.6 is 0 Å². The van der Waals surface area contributed by atoms with Gasteiger partial charge in [-0.05, 0) is 38.7 Å². The van der Waals surface area contributed by atoms with Crippen LogP contribution in [0.2, 0.25) is 0 Å². The fourth-order valence-electron chi connectivity index (χ4n) is 3.23. The average molecular weight is 381 g/mol. The van der Waals surface area contributed by atoms with Crippen LogP contribution in [-0.2, 0) is 10.3 Å². The number of nitrogens with zero attached hydrogens (tertiary/aromatic N) is 6. The Balaban J connectivity index is 1.83. The van der Waals surface area contributed by atoms with Gasteiger partial charge in [-0.25, -0.2) is 14.6 Å². The first-order chi connectivity index (χ1) is 13.3. The predicted octanol–water partition coefficient (Wildman–Crippen LogP) is 2.22. The van der Waals surface area contributed by atoms with Gasteiger partial charge >= 0.3 is 0 Å². The van der Waals surface area contributed by atoms with Crippen molar-refractivity contribution < 1.29 is 4.79 Å². The molecule has 0 aliphatic heterocycles. The third kappa shape index (κ3) is 2.87. The number of hydrogen-bond acceptors (Lipinski definition) is 6. The minimum absolute atomic E-state index is 0.0566. The Morgan fingerprint density at radius 1 is 1.14 bits per heavy atom. The SMILES string of the molecule is CC(C)c1nn(C2(C(=O)Nc3ncccn3)CC2)c(=O)c2cn(C(C)C)nc12. The summed E-state index contributed by atoms with van der Waals surface area (Å²) in [5, 5.41) is 12.4. The average Bonchev–Trinajstić information content (AvgIpc) is 3.33. The van der Waals surface area contributed by atoms with Crippen molar-refractivity contribution in [2.45, 2.75) is 58.0 Å². The van der Waals surface area contributed by atoms with Gasteiger partial charge in [0.25, 0.3) is 11.5 Å². The zero-order chi connectivity index (χ0) is 20.1. The molecule has 3 aromatic rings. The van der Waals surface area contributed by atoms with Crippen LogP contribution in [0.15, 0.2) is 29.5 Å². The number of carbonyl (C=O) groups excluding carboxylic acids is 1. The van der Waals surface area contributed by atoms with Gasteiger partial charge < -0.3 is 0 Å². The largest absolute Gasteiger partial charge is 0.292 e. The number of rotatable bonds is 5. The van der Waals surface area contributed by atoms with Crippen LogP contribution in [0, 0.1) is 0 Å². The first-order valence-corrected chi connectivity index (χ1v) is 9.44. The molecule has 1 fully saturated rings. The highest BCUT2D eigenvalue weighted by molar-refractivity contribution is 5.97. The van der Waals surface area contributed by atoms with Crippen molar-refractivity contribution in [3.05, 3.63) is 40.7 Å². The van der Waals surface area contributed by atoms with Crippen molar-refractivity contribution in [3.63, 3.8) is 0 Å². The molecule has 9 heteroatoms. The van der Waals surface area contributed by atoms with Crippen molar-refractivity contribution in [1.82, 2.24) is 29.5 Å². The lowest BCUT2D eigenvalue weighted by Crippen LogP contribution is -2.42. The van der Waals surface area contributed by atoms with Crippen molar-refractivity contribution in [1.29, 1.82) is 0 Å². The molecule has 1 aliphatic rings. The Morgan fingerprint density at radius 3 is 2.39 bits per heavy atom. The van der Waals surface area contributed by atoms with E-state index in [0.29, 0.717) is 29.4 Å². The molecular weight excluding hydrogens is 358 g/mol. The van der Waals surface area contributed by atoms with E-state index in [1.54, 1.807) is 29.3 Å². The third-order valence-corrected chi connectivity index (χ3v) is 5.02. The van der Waals surface area contributed by atoms with Gasteiger partial charge in [0.05, 0.1) is 11.1 Å². The summed E-state index contributed by atoms with van der Waals surface area (Å²) in [6, 6.07) is 1.79. The minimum atomic E-state index is -1.01. The highest BCUT2D eigenvalue weighted by atomic mass is 16.2. The van der Waals surface area contributed by atoms with Crippen LogP contribution in [0.3, 0.4) is 0 Å². The van der Waals surface area contributed by atoms with Gasteiger partial charge in [0.2, 0.25) is 5.95 Å². The summed E-state index contributed by atoms with van der Waals surface area (Å²) in [7, 11) is 0. The lowest BCUT2D eigenvalue weighted by atomic mass is 10.1. The van der Waals surface area contributed by atoms with Gasteiger partial charge in [0.15, 0.2) is 0 Å². The van der Waals surface area contributed by atoms with Gasteiger partial charge in [-0.15, -0.1) is 0 Å². The van der Waals surface area contributed by atoms with E-state index >= 15 is 0 Å². The highest BCUT2D eigenvalue weighted by Gasteiger charge is 2.54. The molecule has 1 saturated carbocycles. The van der Waals surface area contributed by atoms with Gasteiger partial charge in [0, 0.05) is 24.6 Å². The van der Waals surface area contributed by atoms with Crippen LogP contribution in [0.4, 0.5) is 5.95 Å². The summed E-state index contributed by atoms with van der Waals surface area (Å²) in [6.07, 6.45) is 5.94. The van der Waals surface area contributed by atoms with E-state index in [9.17, 15) is 9.59 Å². The van der Waals surface area contributed by atoms with Crippen molar-refractivity contribution >= 4 is 22.8 Å². The molecule has 3 heterocycles. The second-order valence-electron chi connectivity index (χ2n) is 7.78. The minimum Gasteiger partial charge on any atom is -0.292 e. The predicted molar refractivity (Wildman–Crippen MR) is 104 cm³/mol. The van der Waals surface area contributed by atoms with Crippen molar-refractivity contribution in [3.8, 4) is 0 Å². The fourth-order valence-corrected chi connectivity index (χ4v) is 3.23. The Bertz CT molecular complexity index is 1090. The smallest absolute Gasteiger partial charge is 0.278 e. The standard InChI is InChI=1S/C19H23N7O2/c1-11(2)14-15-13(10-25(23-15)12(3)4)16(27)26(24-14)19(6-7-19)17(28)22-18-20-8-5-9-21-18/h5,8-12H,6-7H2,1-4H3,(H,20,21,22,28). The van der Waals surface area contributed by atoms with Crippen LogP contribution in [0.25, 0.3) is 10.9 Å². The second kappa shape index (κ2) is 6.50. The first kappa shape index (κ1) is 18.3. The topological polar surface area (TPSA) is 108 Å². The number of anilines is 1. The maximum atomic E-state index is 13.2. The summed E-state index contributed by atoms with van der Waals surface area (Å²) in [4.78, 5) is 34.2. The Hall–Kier alpha value is -3.10. The molecule has 1 amide bonds. The summed E-state index contributed by atoms with van der Waals surface area (Å²) < 4.78 is 3.11. The van der Waals surface area contributed by atoms with E-state index in [-0.39, 0.29) is 29.4 Å². The fraction of sp³-hybridized carbons (Fsp3) is 0.474. The summed E-state index contributed by atoms with van der Waals surface area (Å²) in [6.45, 7) is 8.01. The Kier molecular flexibility index (Phi) is 4.24. The normalized spacial score (nSPS) is 15.4. The molecular formula is C19H23N7O2. The second-order valence-corrected chi connectivity index (χ2v) is 7.78. The van der Waals surface area contributed by atoms with Gasteiger partial charge in [0.1, 0.15) is 11.1 Å². The molecule has 9 nitrogen and oxygen atoms in total. The van der Waals surface area contributed by atoms with E-state index in [2.05, 4.69) is 25.5 Å². The molecule has 0 aromatic carbocycles. The maximum Gasteiger partial charge on any atom is 0.278 e. The lowest BCUT2D eigenvalue weighted by molar-refractivity contribution is -0.121. The number of amides is 1. The molecule has 0 spiro atoms. The van der Waals surface area contributed by atoms with Crippen molar-refractivity contribution in [2.75, 3.05) is 5.32 Å². The molecule has 3 aromatic heterocycles. The quantitative estimate of drug-likeness (QED) is 0.726. The van der Waals surface area contributed by atoms with E-state index in [4.69, 9.17) is 0 Å². The molecule has 28 heavy (non-hydrogen) atoms. The molecule has 0 bridgehead atoms. The van der Waals surface area contributed by atoms with Crippen LogP contribution < -0.4 is 10.9 Å².